The van der Waals surface area contributed by atoms with Gasteiger partial charge in [-0.25, -0.2) is 64.9 Å². The molecule has 0 aliphatic carbocycles. The Morgan fingerprint density at radius 2 is 0.697 bits per heavy atom. The Morgan fingerprint density at radius 1 is 0.394 bits per heavy atom. The smallest absolute Gasteiger partial charge is 0.319 e. The molecule has 10 aromatic heterocycles. The number of carbonyl (C=O) groups is 6. The molecule has 15 heterocycles. The maximum Gasteiger partial charge on any atom is 0.319 e. The lowest BCUT2D eigenvalue weighted by Crippen LogP contribution is -2.58. The third kappa shape index (κ3) is 29.8. The maximum absolute atomic E-state index is 12.6. The molecule has 5 fully saturated rings. The van der Waals surface area contributed by atoms with Gasteiger partial charge in [0.1, 0.15) is 97.8 Å². The van der Waals surface area contributed by atoms with Crippen molar-refractivity contribution in [1.29, 1.82) is 0 Å². The molecule has 0 unspecified atom stereocenters. The molecule has 5 aliphatic rings. The lowest BCUT2D eigenvalue weighted by Gasteiger charge is -2.40. The molecule has 2 amide bonds. The Kier molecular flexibility index (Phi) is 35.2. The van der Waals surface area contributed by atoms with Gasteiger partial charge < -0.3 is 33.5 Å². The van der Waals surface area contributed by atoms with Gasteiger partial charge in [0, 0.05) is 173 Å². The van der Waals surface area contributed by atoms with E-state index in [0.717, 1.165) is 61.0 Å². The lowest BCUT2D eigenvalue weighted by molar-refractivity contribution is 0.0355. The van der Waals surface area contributed by atoms with Crippen LogP contribution < -0.4 is 23.7 Å². The number of amides is 2. The minimum absolute atomic E-state index is 0.0131. The van der Waals surface area contributed by atoms with E-state index in [0.29, 0.717) is 157 Å². The molecule has 5 aliphatic heterocycles. The zero-order chi connectivity index (χ0) is 95.6. The fourth-order valence-corrected chi connectivity index (χ4v) is 20.6. The van der Waals surface area contributed by atoms with E-state index in [2.05, 4.69) is 49.8 Å². The summed E-state index contributed by atoms with van der Waals surface area (Å²) in [5, 5.41) is 5.01. The van der Waals surface area contributed by atoms with E-state index in [1.165, 1.54) is 35.6 Å². The van der Waals surface area contributed by atoms with Crippen molar-refractivity contribution in [3.63, 3.8) is 0 Å². The fourth-order valence-electron chi connectivity index (χ4n) is 13.7. The molecule has 0 atom stereocenters. The first-order valence-electron chi connectivity index (χ1n) is 43.4. The first kappa shape index (κ1) is 102. The first-order chi connectivity index (χ1) is 62.4. The van der Waals surface area contributed by atoms with Crippen LogP contribution in [0.4, 0.5) is 4.79 Å². The van der Waals surface area contributed by atoms with Crippen molar-refractivity contribution in [3.8, 4) is 28.7 Å². The van der Waals surface area contributed by atoms with Gasteiger partial charge in [-0.2, -0.15) is 24.7 Å². The van der Waals surface area contributed by atoms with Gasteiger partial charge in [-0.1, -0.05) is 39.0 Å². The van der Waals surface area contributed by atoms with E-state index in [4.69, 9.17) is 23.7 Å². The third-order valence-corrected chi connectivity index (χ3v) is 30.3. The SMILES string of the molecule is CCCS(=O)(=O)N1CC(Oc2cc(C)nc(C(=O)Cc3ccc(C)cn3)c2)C1.Cc1cc(OC2CN(S(=O)(=O)C(C)C)C2)cc(C(=O)Cc2nc(C)cs2)n1.Cc1cc(OC2CSC2)cc(C(=O)Cc2nc(C)cs2)n1.Cc1ccc(CC(=O)c2cc(OC3CN(C(=O)N(C)C)C3)cc(C)n2)nc1.Cc1ccc(CC(=O)c2cc(OC3CN(S(=O)(=O)CC(C)C)C3)cc(C)n2)nc1. The fraction of sp³-hybridized carbons (Fsp3) is 0.447. The normalized spacial score (nSPS) is 15.0. The van der Waals surface area contributed by atoms with Gasteiger partial charge in [0.15, 0.2) is 28.9 Å². The highest BCUT2D eigenvalue weighted by Crippen LogP contribution is 2.31. The Balaban J connectivity index is 0.000000160. The number of aromatic nitrogens is 10. The van der Waals surface area contributed by atoms with Gasteiger partial charge in [-0.05, 0) is 130 Å². The number of sulfonamides is 3. The molecule has 15 rings (SSSR count). The van der Waals surface area contributed by atoms with E-state index < -0.39 is 35.3 Å². The Labute approximate surface area is 785 Å². The van der Waals surface area contributed by atoms with E-state index in [-0.39, 0.29) is 109 Å². The number of ether oxygens (including phenoxy) is 5. The molecule has 0 spiro atoms. The number of aryl methyl sites for hydroxylation is 10. The minimum Gasteiger partial charge on any atom is -0.489 e. The summed E-state index contributed by atoms with van der Waals surface area (Å²) in [4.78, 5) is 121. The van der Waals surface area contributed by atoms with Gasteiger partial charge in [0.05, 0.1) is 101 Å². The highest BCUT2D eigenvalue weighted by molar-refractivity contribution is 8.00. The molecule has 704 valence electrons. The van der Waals surface area contributed by atoms with Gasteiger partial charge >= 0.3 is 6.03 Å². The zero-order valence-electron chi connectivity index (χ0n) is 77.5. The quantitative estimate of drug-likeness (QED) is 0.0345. The molecule has 0 bridgehead atoms. The number of hydrogen-bond donors (Lipinski definition) is 0. The van der Waals surface area contributed by atoms with Crippen LogP contribution in [0.3, 0.4) is 0 Å². The monoisotopic (exact) mass is 1920 g/mol. The number of nitrogens with zero attached hydrogens (tertiary/aromatic N) is 15. The second kappa shape index (κ2) is 45.7. The summed E-state index contributed by atoms with van der Waals surface area (Å²) < 4.78 is 106. The number of carbonyl (C=O) groups excluding carboxylic acids is 6. The van der Waals surface area contributed by atoms with Crippen molar-refractivity contribution in [2.24, 2.45) is 5.92 Å². The average molecular weight is 1920 g/mol. The van der Waals surface area contributed by atoms with Crippen molar-refractivity contribution in [1.82, 2.24) is 72.6 Å². The Bertz CT molecular complexity index is 6090. The molecular formula is C94H115N15O17S6. The summed E-state index contributed by atoms with van der Waals surface area (Å²) in [5.74, 6) is 4.85. The number of hydrogen-bond acceptors (Lipinski definition) is 30. The average Bonchev–Trinajstić information content (AvgIpc) is 1.04. The Morgan fingerprint density at radius 3 is 0.962 bits per heavy atom. The zero-order valence-corrected chi connectivity index (χ0v) is 82.4. The van der Waals surface area contributed by atoms with E-state index in [9.17, 15) is 54.0 Å². The van der Waals surface area contributed by atoms with Crippen LogP contribution in [0.25, 0.3) is 0 Å². The molecule has 10 aromatic rings. The van der Waals surface area contributed by atoms with Crippen molar-refractivity contribution >= 4 is 99.5 Å². The molecule has 0 saturated carbocycles. The van der Waals surface area contributed by atoms with Crippen molar-refractivity contribution in [2.45, 2.75) is 178 Å². The van der Waals surface area contributed by atoms with Crippen molar-refractivity contribution < 1.29 is 77.7 Å². The lowest BCUT2D eigenvalue weighted by atomic mass is 10.1. The van der Waals surface area contributed by atoms with Crippen molar-refractivity contribution in [3.05, 3.63) is 239 Å². The highest BCUT2D eigenvalue weighted by Gasteiger charge is 2.41. The first-order valence-corrected chi connectivity index (χ1v) is 51.1. The second-order valence-electron chi connectivity index (χ2n) is 34.2. The number of likely N-dealkylation sites (tertiary alicyclic amines) is 1. The largest absolute Gasteiger partial charge is 0.489 e. The topological polar surface area (TPSA) is 396 Å². The molecule has 5 saturated heterocycles. The number of pyridine rings is 8. The minimum atomic E-state index is -3.25. The number of thioether (sulfide) groups is 1. The predicted molar refractivity (Wildman–Crippen MR) is 507 cm³/mol. The highest BCUT2D eigenvalue weighted by atomic mass is 32.2. The van der Waals surface area contributed by atoms with E-state index in [1.54, 1.807) is 132 Å². The number of ketones is 5. The molecular weight excluding hydrogens is 1800 g/mol. The number of Topliss-reactive ketones (excluding diaryl/α,β-unsaturated/α-hetero) is 5. The maximum atomic E-state index is 12.6. The van der Waals surface area contributed by atoms with Crippen molar-refractivity contribution in [2.75, 3.05) is 89.5 Å². The van der Waals surface area contributed by atoms with Crippen LogP contribution in [0.5, 0.6) is 28.7 Å². The van der Waals surface area contributed by atoms with Crippen LogP contribution in [0.15, 0.2) is 126 Å². The third-order valence-electron chi connectivity index (χ3n) is 20.8. The summed E-state index contributed by atoms with van der Waals surface area (Å²) in [6, 6.07) is 28.5. The molecule has 38 heteroatoms. The number of urea groups is 1. The van der Waals surface area contributed by atoms with Crippen LogP contribution in [0.1, 0.15) is 177 Å². The summed E-state index contributed by atoms with van der Waals surface area (Å²) >= 11 is 4.84. The second-order valence-corrected chi connectivity index (χ2v) is 43.8. The van der Waals surface area contributed by atoms with Crippen LogP contribution in [0, 0.1) is 75.2 Å². The molecule has 0 N–H and O–H groups in total. The van der Waals surface area contributed by atoms with Crippen LogP contribution in [-0.4, -0.2) is 258 Å². The summed E-state index contributed by atoms with van der Waals surface area (Å²) in [6.07, 6.45) is 6.39. The van der Waals surface area contributed by atoms with Crippen LogP contribution >= 0.6 is 34.4 Å². The Hall–Kier alpha value is -10.8. The van der Waals surface area contributed by atoms with Gasteiger partial charge in [-0.15, -0.1) is 22.7 Å². The van der Waals surface area contributed by atoms with Crippen LogP contribution in [0.2, 0.25) is 0 Å². The van der Waals surface area contributed by atoms with E-state index in [1.807, 2.05) is 134 Å². The van der Waals surface area contributed by atoms with Gasteiger partial charge in [-0.3, -0.25) is 38.9 Å². The summed E-state index contributed by atoms with van der Waals surface area (Å²) in [6.45, 7) is 30.8. The van der Waals surface area contributed by atoms with Gasteiger partial charge in [0.25, 0.3) is 0 Å². The number of rotatable bonds is 33. The van der Waals surface area contributed by atoms with E-state index >= 15 is 0 Å². The summed E-state index contributed by atoms with van der Waals surface area (Å²) in [5.41, 5.74) is 12.4. The molecule has 132 heavy (non-hydrogen) atoms. The van der Waals surface area contributed by atoms with Crippen LogP contribution in [-0.2, 0) is 62.2 Å². The molecule has 0 aromatic carbocycles. The standard InChI is InChI=1S/C21H27N3O4S.C20H24N4O3.C20H25N3O4S.C18H23N3O4S2.C15H16N2O2S2/c1-14(2)13-29(26,27)24-11-19(12-24)28-18-7-16(4)23-20(9-18)21(25)8-17-6-5-15(3)10-22-17;1-13-5-6-15(21-10-13)8-19(25)18-9-16(7-14(2)22-18)27-17-11-24(12-17)20(26)23(3)4;1-4-7-28(25,26)23-12-18(13-23)27-17-8-15(3)22-19(10-17)20(24)9-16-6-5-14(2)11-21-16;1-11(2)27(23,24)21-8-15(9-21)25-14-5-12(3)19-16(6-14)17(22)7-18-20-13(4)10-26-18;1-9-3-11(19-12-7-20-8-12)4-13(16-9)14(18)5-15-17-10(2)6-21-15/h5-7,9-10,14,19H,8,11-13H2,1-4H3;5-7,9-10,17H,8,11-12H2,1-4H3;5-6,8,10-11,18H,4,7,9,12-13H2,1-3H3;5-6,10-11,15H,7-9H2,1-4H3;3-4,6,12H,5,7-8H2,1-2H3. The summed E-state index contributed by atoms with van der Waals surface area (Å²) in [7, 11) is -6.22. The molecule has 0 radical (unpaired) electrons. The van der Waals surface area contributed by atoms with Gasteiger partial charge in [0.2, 0.25) is 30.1 Å². The number of thiazole rings is 2. The molecule has 32 nitrogen and oxygen atoms in total. The predicted octanol–water partition coefficient (Wildman–Crippen LogP) is 12.6.